The minimum atomic E-state index is -0.0439. The van der Waals surface area contributed by atoms with Gasteiger partial charge in [0, 0.05) is 31.4 Å². The van der Waals surface area contributed by atoms with Crippen molar-refractivity contribution in [2.75, 3.05) is 0 Å². The Kier molecular flexibility index (Phi) is 4.62. The molecule has 0 saturated heterocycles. The lowest BCUT2D eigenvalue weighted by Crippen LogP contribution is -2.30. The van der Waals surface area contributed by atoms with Gasteiger partial charge in [-0.3, -0.25) is 16.0 Å². The molecular weight excluding hydrogens is 308 g/mol. The van der Waals surface area contributed by atoms with Gasteiger partial charge in [-0.05, 0) is 22.4 Å². The first kappa shape index (κ1) is 14.1. The molecule has 0 saturated carbocycles. The molecule has 6 nitrogen and oxygen atoms in total. The van der Waals surface area contributed by atoms with E-state index in [1.165, 1.54) is 6.33 Å². The Morgan fingerprint density at radius 2 is 2.11 bits per heavy atom. The fraction of sp³-hybridized carbons (Fsp3) is 0.417. The van der Waals surface area contributed by atoms with Crippen LogP contribution in [0.3, 0.4) is 0 Å². The quantitative estimate of drug-likeness (QED) is 0.639. The van der Waals surface area contributed by atoms with Crippen LogP contribution in [0.15, 0.2) is 23.2 Å². The highest BCUT2D eigenvalue weighted by atomic mass is 79.9. The fourth-order valence-electron chi connectivity index (χ4n) is 2.00. The molecule has 2 heterocycles. The highest BCUT2D eigenvalue weighted by molar-refractivity contribution is 9.10. The van der Waals surface area contributed by atoms with E-state index in [0.717, 1.165) is 27.8 Å². The van der Waals surface area contributed by atoms with Gasteiger partial charge in [-0.25, -0.2) is 9.97 Å². The zero-order chi connectivity index (χ0) is 13.8. The number of aromatic nitrogens is 4. The summed E-state index contributed by atoms with van der Waals surface area (Å²) < 4.78 is 2.94. The zero-order valence-corrected chi connectivity index (χ0v) is 12.6. The molecule has 2 aromatic heterocycles. The Labute approximate surface area is 120 Å². The Bertz CT molecular complexity index is 539. The summed E-state index contributed by atoms with van der Waals surface area (Å²) in [7, 11) is 1.94. The van der Waals surface area contributed by atoms with Gasteiger partial charge in [-0.1, -0.05) is 6.92 Å². The van der Waals surface area contributed by atoms with Crippen LogP contribution < -0.4 is 11.3 Å². The van der Waals surface area contributed by atoms with E-state index in [4.69, 9.17) is 5.84 Å². The largest absolute Gasteiger partial charge is 0.271 e. The summed E-state index contributed by atoms with van der Waals surface area (Å²) in [6.45, 7) is 2.08. The second kappa shape index (κ2) is 6.23. The average molecular weight is 325 g/mol. The van der Waals surface area contributed by atoms with Gasteiger partial charge in [0.25, 0.3) is 0 Å². The standard InChI is InChI=1S/C12H17BrN6/c1-3-9-12(13)11(19(2)18-9)4-10(17-14)8-5-15-7-16-6-8/h5-7,10,17H,3-4,14H2,1-2H3. The van der Waals surface area contributed by atoms with Crippen LogP contribution in [0.5, 0.6) is 0 Å². The van der Waals surface area contributed by atoms with Gasteiger partial charge < -0.3 is 0 Å². The smallest absolute Gasteiger partial charge is 0.115 e. The average Bonchev–Trinajstić information content (AvgIpc) is 2.72. The van der Waals surface area contributed by atoms with Crippen LogP contribution >= 0.6 is 15.9 Å². The Morgan fingerprint density at radius 1 is 1.42 bits per heavy atom. The molecule has 1 atom stereocenters. The predicted molar refractivity (Wildman–Crippen MR) is 76.1 cm³/mol. The first-order valence-electron chi connectivity index (χ1n) is 6.08. The number of hydrogen-bond donors (Lipinski definition) is 2. The van der Waals surface area contributed by atoms with E-state index < -0.39 is 0 Å². The molecule has 19 heavy (non-hydrogen) atoms. The molecule has 2 rings (SSSR count). The molecule has 0 aliphatic heterocycles. The minimum Gasteiger partial charge on any atom is -0.271 e. The van der Waals surface area contributed by atoms with Gasteiger partial charge >= 0.3 is 0 Å². The number of aryl methyl sites for hydroxylation is 2. The molecular formula is C12H17BrN6. The van der Waals surface area contributed by atoms with Crippen LogP contribution in [0.25, 0.3) is 0 Å². The number of nitrogens with zero attached hydrogens (tertiary/aromatic N) is 4. The van der Waals surface area contributed by atoms with Crippen LogP contribution in [0.1, 0.15) is 29.9 Å². The summed E-state index contributed by atoms with van der Waals surface area (Å²) >= 11 is 3.61. The first-order valence-corrected chi connectivity index (χ1v) is 6.88. The molecule has 2 aromatic rings. The molecule has 3 N–H and O–H groups in total. The molecule has 0 aromatic carbocycles. The second-order valence-corrected chi connectivity index (χ2v) is 5.07. The van der Waals surface area contributed by atoms with Crippen molar-refractivity contribution >= 4 is 15.9 Å². The monoisotopic (exact) mass is 324 g/mol. The maximum Gasteiger partial charge on any atom is 0.115 e. The summed E-state index contributed by atoms with van der Waals surface area (Å²) in [4.78, 5) is 8.04. The number of hydrazine groups is 1. The maximum absolute atomic E-state index is 5.64. The number of nitrogens with two attached hydrogens (primary N) is 1. The van der Waals surface area contributed by atoms with Crippen LogP contribution in [0.2, 0.25) is 0 Å². The van der Waals surface area contributed by atoms with E-state index in [-0.39, 0.29) is 6.04 Å². The van der Waals surface area contributed by atoms with E-state index >= 15 is 0 Å². The van der Waals surface area contributed by atoms with E-state index in [0.29, 0.717) is 6.42 Å². The molecule has 0 aliphatic carbocycles. The van der Waals surface area contributed by atoms with Gasteiger partial charge in [-0.2, -0.15) is 5.10 Å². The molecule has 0 radical (unpaired) electrons. The maximum atomic E-state index is 5.64. The van der Waals surface area contributed by atoms with Gasteiger partial charge in [0.1, 0.15) is 6.33 Å². The Balaban J connectivity index is 2.26. The van der Waals surface area contributed by atoms with Crippen LogP contribution in [0.4, 0.5) is 0 Å². The topological polar surface area (TPSA) is 81.7 Å². The Hall–Kier alpha value is -1.31. The third kappa shape index (κ3) is 2.99. The summed E-state index contributed by atoms with van der Waals surface area (Å²) in [5, 5.41) is 4.48. The Morgan fingerprint density at radius 3 is 2.63 bits per heavy atom. The fourth-order valence-corrected chi connectivity index (χ4v) is 2.78. The number of nitrogens with one attached hydrogen (secondary N) is 1. The van der Waals surface area contributed by atoms with Crippen molar-refractivity contribution in [3.8, 4) is 0 Å². The van der Waals surface area contributed by atoms with Crippen LogP contribution in [0, 0.1) is 0 Å². The van der Waals surface area contributed by atoms with Crippen molar-refractivity contribution in [3.05, 3.63) is 40.1 Å². The molecule has 102 valence electrons. The van der Waals surface area contributed by atoms with Crippen molar-refractivity contribution in [2.45, 2.75) is 25.8 Å². The van der Waals surface area contributed by atoms with Gasteiger partial charge in [0.15, 0.2) is 0 Å². The second-order valence-electron chi connectivity index (χ2n) is 4.28. The molecule has 0 aliphatic rings. The number of hydrogen-bond acceptors (Lipinski definition) is 5. The van der Waals surface area contributed by atoms with Crippen LogP contribution in [-0.4, -0.2) is 19.7 Å². The molecule has 0 spiro atoms. The number of halogens is 1. The molecule has 0 bridgehead atoms. The van der Waals surface area contributed by atoms with E-state index in [2.05, 4.69) is 43.3 Å². The van der Waals surface area contributed by atoms with Crippen LogP contribution in [-0.2, 0) is 19.9 Å². The molecule has 1 unspecified atom stereocenters. The molecule has 0 fully saturated rings. The summed E-state index contributed by atoms with van der Waals surface area (Å²) in [6, 6.07) is -0.0439. The normalized spacial score (nSPS) is 12.6. The van der Waals surface area contributed by atoms with E-state index in [9.17, 15) is 0 Å². The lowest BCUT2D eigenvalue weighted by molar-refractivity contribution is 0.526. The molecule has 7 heteroatoms. The summed E-state index contributed by atoms with van der Waals surface area (Å²) in [5.41, 5.74) is 5.92. The number of rotatable bonds is 5. The lowest BCUT2D eigenvalue weighted by Gasteiger charge is -2.15. The van der Waals surface area contributed by atoms with Crippen molar-refractivity contribution in [3.63, 3.8) is 0 Å². The van der Waals surface area contributed by atoms with E-state index in [1.807, 2.05) is 11.7 Å². The summed E-state index contributed by atoms with van der Waals surface area (Å²) in [6.07, 6.45) is 6.65. The van der Waals surface area contributed by atoms with Crippen molar-refractivity contribution < 1.29 is 0 Å². The summed E-state index contributed by atoms with van der Waals surface area (Å²) in [5.74, 6) is 5.64. The predicted octanol–water partition coefficient (Wildman–Crippen LogP) is 1.28. The third-order valence-corrected chi connectivity index (χ3v) is 4.00. The van der Waals surface area contributed by atoms with Crippen molar-refractivity contribution in [2.24, 2.45) is 12.9 Å². The highest BCUT2D eigenvalue weighted by Crippen LogP contribution is 2.26. The SMILES string of the molecule is CCc1nn(C)c(CC(NN)c2cncnc2)c1Br. The van der Waals surface area contributed by atoms with E-state index in [1.54, 1.807) is 12.4 Å². The molecule has 0 amide bonds. The zero-order valence-electron chi connectivity index (χ0n) is 11.0. The van der Waals surface area contributed by atoms with Gasteiger partial charge in [0.05, 0.1) is 21.9 Å². The van der Waals surface area contributed by atoms with Gasteiger partial charge in [0.2, 0.25) is 0 Å². The third-order valence-electron chi connectivity index (χ3n) is 3.08. The first-order chi connectivity index (χ1) is 9.17. The minimum absolute atomic E-state index is 0.0439. The van der Waals surface area contributed by atoms with Crippen molar-refractivity contribution in [1.82, 2.24) is 25.2 Å². The lowest BCUT2D eigenvalue weighted by atomic mass is 10.1. The van der Waals surface area contributed by atoms with Gasteiger partial charge in [-0.15, -0.1) is 0 Å². The highest BCUT2D eigenvalue weighted by Gasteiger charge is 2.18. The van der Waals surface area contributed by atoms with Crippen molar-refractivity contribution in [1.29, 1.82) is 0 Å².